The lowest BCUT2D eigenvalue weighted by Crippen LogP contribution is -2.35. The Morgan fingerprint density at radius 1 is 1.11 bits per heavy atom. The highest BCUT2D eigenvalue weighted by atomic mass is 32.1. The number of anilines is 3. The number of para-hydroxylation sites is 1. The Morgan fingerprint density at radius 3 is 2.67 bits per heavy atom. The number of nitrogens with two attached hydrogens (primary N) is 1. The molecule has 0 bridgehead atoms. The Bertz CT molecular complexity index is 996. The number of aryl methyl sites for hydroxylation is 1. The highest BCUT2D eigenvalue weighted by Crippen LogP contribution is 2.36. The maximum atomic E-state index is 12.2. The topological polar surface area (TPSA) is 82.8 Å². The van der Waals surface area contributed by atoms with Crippen molar-refractivity contribution >= 4 is 45.8 Å². The van der Waals surface area contributed by atoms with Crippen molar-refractivity contribution in [1.82, 2.24) is 0 Å². The van der Waals surface area contributed by atoms with Gasteiger partial charge in [-0.25, -0.2) is 9.79 Å². The van der Waals surface area contributed by atoms with Crippen LogP contribution in [0.25, 0.3) is 0 Å². The van der Waals surface area contributed by atoms with Crippen molar-refractivity contribution in [2.75, 3.05) is 15.5 Å². The fraction of sp³-hybridized carbons (Fsp3) is 0.100. The smallest absolute Gasteiger partial charge is 0.312 e. The van der Waals surface area contributed by atoms with Gasteiger partial charge < -0.3 is 21.3 Å². The molecule has 2 aromatic carbocycles. The van der Waals surface area contributed by atoms with E-state index in [1.165, 1.54) is 0 Å². The second kappa shape index (κ2) is 7.22. The predicted molar refractivity (Wildman–Crippen MR) is 112 cm³/mol. The zero-order valence-corrected chi connectivity index (χ0v) is 15.5. The molecule has 1 unspecified atom stereocenters. The number of nitrogens with zero attached hydrogens (tertiary/aromatic N) is 2. The molecule has 1 aliphatic heterocycles. The summed E-state index contributed by atoms with van der Waals surface area (Å²) in [5.41, 5.74) is 10.8. The van der Waals surface area contributed by atoms with Crippen LogP contribution in [0.3, 0.4) is 0 Å². The fourth-order valence-electron chi connectivity index (χ4n) is 2.92. The monoisotopic (exact) mass is 377 g/mol. The maximum absolute atomic E-state index is 12.2. The first-order chi connectivity index (χ1) is 13.1. The van der Waals surface area contributed by atoms with Crippen molar-refractivity contribution in [1.29, 1.82) is 0 Å². The van der Waals surface area contributed by atoms with E-state index < -0.39 is 0 Å². The lowest BCUT2D eigenvalue weighted by atomic mass is 10.2. The van der Waals surface area contributed by atoms with Crippen molar-refractivity contribution in [2.24, 2.45) is 10.7 Å². The van der Waals surface area contributed by atoms with Crippen LogP contribution in [-0.2, 0) is 0 Å². The van der Waals surface area contributed by atoms with Gasteiger partial charge in [0.05, 0.1) is 6.34 Å². The molecular formula is C20H19N5OS. The third kappa shape index (κ3) is 3.55. The molecular weight excluding hydrogens is 358 g/mol. The molecule has 0 aliphatic carbocycles. The van der Waals surface area contributed by atoms with Gasteiger partial charge in [-0.05, 0) is 54.3 Å². The van der Waals surface area contributed by atoms with E-state index in [4.69, 9.17) is 5.73 Å². The molecule has 3 aromatic rings. The van der Waals surface area contributed by atoms with Crippen LogP contribution in [0.15, 0.2) is 65.0 Å². The van der Waals surface area contributed by atoms with Gasteiger partial charge in [0.15, 0.2) is 0 Å². The maximum Gasteiger partial charge on any atom is 0.323 e. The average Bonchev–Trinajstić information content (AvgIpc) is 3.15. The van der Waals surface area contributed by atoms with Crippen LogP contribution in [0.1, 0.15) is 17.3 Å². The summed E-state index contributed by atoms with van der Waals surface area (Å²) in [6, 6.07) is 16.9. The van der Waals surface area contributed by atoms with Crippen molar-refractivity contribution in [3.05, 3.63) is 71.1 Å². The molecule has 136 valence electrons. The number of hydrogen-bond acceptors (Lipinski definition) is 5. The Hall–Kier alpha value is -3.16. The van der Waals surface area contributed by atoms with E-state index in [1.807, 2.05) is 71.8 Å². The van der Waals surface area contributed by atoms with Gasteiger partial charge in [-0.15, -0.1) is 11.3 Å². The lowest BCUT2D eigenvalue weighted by molar-refractivity contribution is 0.262. The molecule has 0 radical (unpaired) electrons. The average molecular weight is 377 g/mol. The Balaban J connectivity index is 1.44. The summed E-state index contributed by atoms with van der Waals surface area (Å²) in [6.07, 6.45) is 1.48. The summed E-state index contributed by atoms with van der Waals surface area (Å²) in [7, 11) is 0. The summed E-state index contributed by atoms with van der Waals surface area (Å²) in [5.74, 6) is 0. The van der Waals surface area contributed by atoms with Gasteiger partial charge in [-0.1, -0.05) is 18.2 Å². The fourth-order valence-corrected chi connectivity index (χ4v) is 3.70. The predicted octanol–water partition coefficient (Wildman–Crippen LogP) is 4.84. The van der Waals surface area contributed by atoms with Crippen LogP contribution in [0.5, 0.6) is 0 Å². The summed E-state index contributed by atoms with van der Waals surface area (Å²) in [4.78, 5) is 18.6. The number of nitrogens with one attached hydrogen (secondary N) is 2. The SMILES string of the molecule is Cc1ccccc1NC(=O)Nc1ccc(N2C=Nc3sccc3C2N)cc1. The number of aliphatic imine (C=N–C) groups is 1. The quantitative estimate of drug-likeness (QED) is 0.611. The minimum atomic E-state index is -0.281. The number of benzene rings is 2. The molecule has 1 aliphatic rings. The second-order valence-corrected chi connectivity index (χ2v) is 7.11. The Kier molecular flexibility index (Phi) is 4.62. The van der Waals surface area contributed by atoms with E-state index in [2.05, 4.69) is 15.6 Å². The van der Waals surface area contributed by atoms with Crippen molar-refractivity contribution in [3.63, 3.8) is 0 Å². The second-order valence-electron chi connectivity index (χ2n) is 6.22. The summed E-state index contributed by atoms with van der Waals surface area (Å²) >= 11 is 1.58. The third-order valence-corrected chi connectivity index (χ3v) is 5.25. The van der Waals surface area contributed by atoms with Gasteiger partial charge in [0.25, 0.3) is 0 Å². The summed E-state index contributed by atoms with van der Waals surface area (Å²) in [6.45, 7) is 1.95. The number of rotatable bonds is 3. The molecule has 6 nitrogen and oxygen atoms in total. The molecule has 0 saturated heterocycles. The minimum Gasteiger partial charge on any atom is -0.312 e. The van der Waals surface area contributed by atoms with E-state index >= 15 is 0 Å². The van der Waals surface area contributed by atoms with Crippen LogP contribution in [0, 0.1) is 6.92 Å². The number of fused-ring (bicyclic) bond motifs is 1. The zero-order chi connectivity index (χ0) is 18.8. The Morgan fingerprint density at radius 2 is 1.89 bits per heavy atom. The minimum absolute atomic E-state index is 0.271. The molecule has 0 saturated carbocycles. The van der Waals surface area contributed by atoms with Crippen LogP contribution in [0.2, 0.25) is 0 Å². The first-order valence-corrected chi connectivity index (χ1v) is 9.39. The largest absolute Gasteiger partial charge is 0.323 e. The molecule has 0 spiro atoms. The first kappa shape index (κ1) is 17.3. The van der Waals surface area contributed by atoms with Gasteiger partial charge in [0.1, 0.15) is 11.2 Å². The van der Waals surface area contributed by atoms with Crippen molar-refractivity contribution < 1.29 is 4.79 Å². The highest BCUT2D eigenvalue weighted by Gasteiger charge is 2.23. The number of hydrogen-bond donors (Lipinski definition) is 3. The van der Waals surface area contributed by atoms with E-state index in [-0.39, 0.29) is 12.2 Å². The number of amides is 2. The lowest BCUT2D eigenvalue weighted by Gasteiger charge is -2.29. The van der Waals surface area contributed by atoms with E-state index in [1.54, 1.807) is 17.7 Å². The number of thiophene rings is 1. The molecule has 4 rings (SSSR count). The van der Waals surface area contributed by atoms with Crippen molar-refractivity contribution in [3.8, 4) is 0 Å². The van der Waals surface area contributed by atoms with Gasteiger partial charge in [-0.3, -0.25) is 0 Å². The van der Waals surface area contributed by atoms with Gasteiger partial charge in [0, 0.05) is 22.6 Å². The highest BCUT2D eigenvalue weighted by molar-refractivity contribution is 7.14. The zero-order valence-electron chi connectivity index (χ0n) is 14.7. The first-order valence-electron chi connectivity index (χ1n) is 8.51. The van der Waals surface area contributed by atoms with E-state index in [0.29, 0.717) is 5.69 Å². The molecule has 2 amide bonds. The number of urea groups is 1. The van der Waals surface area contributed by atoms with Gasteiger partial charge in [-0.2, -0.15) is 0 Å². The van der Waals surface area contributed by atoms with Crippen LogP contribution < -0.4 is 21.3 Å². The van der Waals surface area contributed by atoms with E-state index in [0.717, 1.165) is 27.5 Å². The number of carbonyl (C=O) groups excluding carboxylic acids is 1. The summed E-state index contributed by atoms with van der Waals surface area (Å²) < 4.78 is 0. The van der Waals surface area contributed by atoms with Gasteiger partial charge in [0.2, 0.25) is 0 Å². The molecule has 1 atom stereocenters. The van der Waals surface area contributed by atoms with Crippen LogP contribution in [0.4, 0.5) is 26.9 Å². The molecule has 4 N–H and O–H groups in total. The third-order valence-electron chi connectivity index (χ3n) is 4.41. The molecule has 0 fully saturated rings. The molecule has 27 heavy (non-hydrogen) atoms. The molecule has 1 aromatic heterocycles. The summed E-state index contributed by atoms with van der Waals surface area (Å²) in [5, 5.41) is 8.63. The van der Waals surface area contributed by atoms with E-state index in [9.17, 15) is 4.79 Å². The Labute approximate surface area is 161 Å². The normalized spacial score (nSPS) is 15.3. The van der Waals surface area contributed by atoms with Crippen LogP contribution >= 0.6 is 11.3 Å². The van der Waals surface area contributed by atoms with Crippen molar-refractivity contribution in [2.45, 2.75) is 13.1 Å². The number of carbonyl (C=O) groups is 1. The standard InChI is InChI=1S/C20H19N5OS/c1-13-4-2-3-5-17(13)24-20(26)23-14-6-8-15(9-7-14)25-12-22-19-16(18(25)21)10-11-27-19/h2-12,18H,21H2,1H3,(H2,23,24,26). The molecule has 7 heteroatoms. The van der Waals surface area contributed by atoms with Gasteiger partial charge >= 0.3 is 6.03 Å². The van der Waals surface area contributed by atoms with Crippen LogP contribution in [-0.4, -0.2) is 12.4 Å². The molecule has 2 heterocycles.